The maximum Gasteiger partial charge on any atom is 0.417 e. The van der Waals surface area contributed by atoms with Crippen LogP contribution in [0.2, 0.25) is 0 Å². The molecule has 0 atom stereocenters. The molecule has 0 aliphatic rings. The quantitative estimate of drug-likeness (QED) is 0.808. The number of anilines is 1. The van der Waals surface area contributed by atoms with Gasteiger partial charge in [-0.25, -0.2) is 0 Å². The van der Waals surface area contributed by atoms with E-state index in [0.29, 0.717) is 0 Å². The molecule has 1 aromatic heterocycles. The molecule has 0 unspecified atom stereocenters. The van der Waals surface area contributed by atoms with Gasteiger partial charge in [-0.3, -0.25) is 0 Å². The van der Waals surface area contributed by atoms with E-state index in [1.807, 2.05) is 0 Å². The van der Waals surface area contributed by atoms with Gasteiger partial charge in [0.2, 0.25) is 5.88 Å². The molecule has 17 heavy (non-hydrogen) atoms. The summed E-state index contributed by atoms with van der Waals surface area (Å²) < 4.78 is 42.7. The number of nitrogens with two attached hydrogens (primary N) is 1. The van der Waals surface area contributed by atoms with Crippen molar-refractivity contribution >= 4 is 5.88 Å². The fourth-order valence-corrected chi connectivity index (χ4v) is 1.45. The van der Waals surface area contributed by atoms with E-state index in [1.54, 1.807) is 0 Å². The van der Waals surface area contributed by atoms with Crippen LogP contribution in [0.4, 0.5) is 19.1 Å². The molecule has 4 nitrogen and oxygen atoms in total. The Morgan fingerprint density at radius 2 is 2.00 bits per heavy atom. The van der Waals surface area contributed by atoms with E-state index in [0.717, 1.165) is 24.3 Å². The van der Waals surface area contributed by atoms with Gasteiger partial charge in [0, 0.05) is 6.07 Å². The normalized spacial score (nSPS) is 11.7. The van der Waals surface area contributed by atoms with Crippen molar-refractivity contribution in [3.05, 3.63) is 29.8 Å². The molecular formula is C10H7F3N2O2. The summed E-state index contributed by atoms with van der Waals surface area (Å²) in [5, 5.41) is 12.9. The first-order valence-corrected chi connectivity index (χ1v) is 4.51. The number of halogens is 3. The van der Waals surface area contributed by atoms with Crippen LogP contribution in [0.5, 0.6) is 5.75 Å². The van der Waals surface area contributed by atoms with Crippen molar-refractivity contribution in [3.8, 4) is 17.0 Å². The maximum atomic E-state index is 12.7. The van der Waals surface area contributed by atoms with Crippen LogP contribution in [0.25, 0.3) is 11.3 Å². The molecule has 0 aliphatic carbocycles. The van der Waals surface area contributed by atoms with Gasteiger partial charge in [0.05, 0.1) is 11.1 Å². The van der Waals surface area contributed by atoms with E-state index in [4.69, 9.17) is 5.73 Å². The molecule has 2 rings (SSSR count). The number of alkyl halides is 3. The fraction of sp³-hybridized carbons (Fsp3) is 0.100. The van der Waals surface area contributed by atoms with Gasteiger partial charge < -0.3 is 15.4 Å². The first-order valence-electron chi connectivity index (χ1n) is 4.51. The minimum Gasteiger partial charge on any atom is -0.507 e. The molecule has 0 radical (unpaired) electrons. The number of nitrogen functional groups attached to an aromatic ring is 1. The summed E-state index contributed by atoms with van der Waals surface area (Å²) in [7, 11) is 0. The lowest BCUT2D eigenvalue weighted by Crippen LogP contribution is -2.07. The van der Waals surface area contributed by atoms with Crippen molar-refractivity contribution in [2.45, 2.75) is 6.18 Å². The first-order chi connectivity index (χ1) is 7.89. The zero-order chi connectivity index (χ0) is 12.6. The van der Waals surface area contributed by atoms with E-state index >= 15 is 0 Å². The number of hydrogen-bond donors (Lipinski definition) is 2. The van der Waals surface area contributed by atoms with Gasteiger partial charge in [-0.1, -0.05) is 11.2 Å². The smallest absolute Gasteiger partial charge is 0.417 e. The van der Waals surface area contributed by atoms with Gasteiger partial charge in [0.25, 0.3) is 0 Å². The van der Waals surface area contributed by atoms with Gasteiger partial charge in [-0.15, -0.1) is 0 Å². The van der Waals surface area contributed by atoms with E-state index in [1.165, 1.54) is 0 Å². The molecule has 1 heterocycles. The van der Waals surface area contributed by atoms with Gasteiger partial charge >= 0.3 is 6.18 Å². The van der Waals surface area contributed by atoms with Crippen molar-refractivity contribution in [1.29, 1.82) is 0 Å². The van der Waals surface area contributed by atoms with Gasteiger partial charge in [-0.05, 0) is 12.1 Å². The largest absolute Gasteiger partial charge is 0.507 e. The van der Waals surface area contributed by atoms with Crippen LogP contribution in [0.1, 0.15) is 5.56 Å². The fourth-order valence-electron chi connectivity index (χ4n) is 1.45. The Hall–Kier alpha value is -2.18. The maximum absolute atomic E-state index is 12.7. The molecule has 1 aromatic carbocycles. The Labute approximate surface area is 93.4 Å². The van der Waals surface area contributed by atoms with Crippen molar-refractivity contribution in [1.82, 2.24) is 5.16 Å². The number of phenols is 1. The Balaban J connectivity index is 2.67. The second kappa shape index (κ2) is 3.69. The number of phenolic OH excluding ortho intramolecular Hbond substituents is 1. The molecule has 0 aliphatic heterocycles. The summed E-state index contributed by atoms with van der Waals surface area (Å²) in [5.74, 6) is -0.662. The minimum absolute atomic E-state index is 0.128. The summed E-state index contributed by atoms with van der Waals surface area (Å²) >= 11 is 0. The predicted molar refractivity (Wildman–Crippen MR) is 53.0 cm³/mol. The van der Waals surface area contributed by atoms with Crippen LogP contribution in [-0.2, 0) is 6.18 Å². The second-order valence-electron chi connectivity index (χ2n) is 3.31. The van der Waals surface area contributed by atoms with Crippen molar-refractivity contribution in [2.24, 2.45) is 0 Å². The summed E-state index contributed by atoms with van der Waals surface area (Å²) in [6.45, 7) is 0. The topological polar surface area (TPSA) is 72.3 Å². The molecule has 7 heteroatoms. The molecule has 0 bridgehead atoms. The molecular weight excluding hydrogens is 237 g/mol. The number of nitrogens with zero attached hydrogens (tertiary/aromatic N) is 1. The van der Waals surface area contributed by atoms with E-state index in [-0.39, 0.29) is 11.6 Å². The van der Waals surface area contributed by atoms with Crippen molar-refractivity contribution in [2.75, 3.05) is 5.73 Å². The second-order valence-corrected chi connectivity index (χ2v) is 3.31. The first kappa shape index (κ1) is 11.3. The van der Waals surface area contributed by atoms with Gasteiger partial charge in [0.15, 0.2) is 0 Å². The SMILES string of the molecule is Nc1cc(-c2c(O)cccc2C(F)(F)F)no1. The van der Waals surface area contributed by atoms with Crippen LogP contribution >= 0.6 is 0 Å². The summed E-state index contributed by atoms with van der Waals surface area (Å²) in [6, 6.07) is 4.20. The van der Waals surface area contributed by atoms with Crippen molar-refractivity contribution in [3.63, 3.8) is 0 Å². The Morgan fingerprint density at radius 3 is 2.53 bits per heavy atom. The van der Waals surface area contributed by atoms with Gasteiger partial charge in [-0.2, -0.15) is 13.2 Å². The third-order valence-electron chi connectivity index (χ3n) is 2.13. The highest BCUT2D eigenvalue weighted by Crippen LogP contribution is 2.41. The molecule has 3 N–H and O–H groups in total. The average molecular weight is 244 g/mol. The molecule has 0 spiro atoms. The third-order valence-corrected chi connectivity index (χ3v) is 2.13. The summed E-state index contributed by atoms with van der Waals surface area (Å²) in [5.41, 5.74) is 3.64. The van der Waals surface area contributed by atoms with Gasteiger partial charge in [0.1, 0.15) is 11.4 Å². The Bertz CT molecular complexity index is 549. The highest BCUT2D eigenvalue weighted by atomic mass is 19.4. The predicted octanol–water partition coefficient (Wildman–Crippen LogP) is 2.65. The van der Waals surface area contributed by atoms with Crippen LogP contribution < -0.4 is 5.73 Å². The van der Waals surface area contributed by atoms with Crippen LogP contribution in [0.15, 0.2) is 28.8 Å². The zero-order valence-electron chi connectivity index (χ0n) is 8.32. The minimum atomic E-state index is -4.60. The number of benzene rings is 1. The average Bonchev–Trinajstić information content (AvgIpc) is 2.63. The lowest BCUT2D eigenvalue weighted by Gasteiger charge is -2.11. The number of hydrogen-bond acceptors (Lipinski definition) is 4. The van der Waals surface area contributed by atoms with E-state index in [9.17, 15) is 18.3 Å². The standard InChI is InChI=1S/C10H7F3N2O2/c11-10(12,13)5-2-1-3-7(16)9(5)6-4-8(14)17-15-6/h1-4,16H,14H2. The molecule has 0 amide bonds. The number of aromatic hydroxyl groups is 1. The molecule has 90 valence electrons. The zero-order valence-corrected chi connectivity index (χ0v) is 8.32. The van der Waals surface area contributed by atoms with Crippen LogP contribution in [0.3, 0.4) is 0 Å². The van der Waals surface area contributed by atoms with E-state index < -0.39 is 23.1 Å². The molecule has 0 saturated carbocycles. The van der Waals surface area contributed by atoms with Crippen molar-refractivity contribution < 1.29 is 22.8 Å². The molecule has 0 fully saturated rings. The number of aromatic nitrogens is 1. The highest BCUT2D eigenvalue weighted by Gasteiger charge is 2.35. The Morgan fingerprint density at radius 1 is 1.29 bits per heavy atom. The molecule has 0 saturated heterocycles. The summed E-state index contributed by atoms with van der Waals surface area (Å²) in [4.78, 5) is 0. The summed E-state index contributed by atoms with van der Waals surface area (Å²) in [6.07, 6.45) is -4.60. The lowest BCUT2D eigenvalue weighted by molar-refractivity contribution is -0.137. The Kier molecular flexibility index (Phi) is 2.45. The molecule has 2 aromatic rings. The number of rotatable bonds is 1. The highest BCUT2D eigenvalue weighted by molar-refractivity contribution is 5.72. The third kappa shape index (κ3) is 2.03. The van der Waals surface area contributed by atoms with E-state index in [2.05, 4.69) is 9.68 Å². The lowest BCUT2D eigenvalue weighted by atomic mass is 10.0. The monoisotopic (exact) mass is 244 g/mol. The van der Waals surface area contributed by atoms with Crippen LogP contribution in [0, 0.1) is 0 Å². The van der Waals surface area contributed by atoms with Crippen LogP contribution in [-0.4, -0.2) is 10.3 Å².